The average Bonchev–Trinajstić information content (AvgIpc) is 2.68. The first-order valence-corrected chi connectivity index (χ1v) is 11.5. The highest BCUT2D eigenvalue weighted by Crippen LogP contribution is 2.45. The molecule has 0 bridgehead atoms. The van der Waals surface area contributed by atoms with Gasteiger partial charge in [-0.3, -0.25) is 4.72 Å². The van der Waals surface area contributed by atoms with Crippen LogP contribution >= 0.6 is 11.6 Å². The van der Waals surface area contributed by atoms with Crippen molar-refractivity contribution in [2.45, 2.75) is 36.6 Å². The third-order valence-corrected chi connectivity index (χ3v) is 7.02. The Balaban J connectivity index is 1.62. The molecule has 0 saturated carbocycles. The molecule has 1 unspecified atom stereocenters. The molecule has 30 heavy (non-hydrogen) atoms. The Hall–Kier alpha value is -2.57. The molecule has 1 heterocycles. The Bertz CT molecular complexity index is 1210. The zero-order chi connectivity index (χ0) is 21.5. The lowest BCUT2D eigenvalue weighted by Crippen LogP contribution is -2.31. The summed E-state index contributed by atoms with van der Waals surface area (Å²) in [6.07, 6.45) is 0.820. The van der Waals surface area contributed by atoms with Crippen molar-refractivity contribution < 1.29 is 12.8 Å². The second kappa shape index (κ2) is 7.60. The lowest BCUT2D eigenvalue weighted by molar-refractivity contribution is 0.427. The molecule has 0 saturated heterocycles. The van der Waals surface area contributed by atoms with Crippen molar-refractivity contribution >= 4 is 33.0 Å². The summed E-state index contributed by atoms with van der Waals surface area (Å²) in [5.41, 5.74) is 3.47. The van der Waals surface area contributed by atoms with Gasteiger partial charge in [-0.15, -0.1) is 0 Å². The van der Waals surface area contributed by atoms with Crippen LogP contribution in [0.25, 0.3) is 0 Å². The van der Waals surface area contributed by atoms with E-state index in [9.17, 15) is 12.8 Å². The topological polar surface area (TPSA) is 58.2 Å². The van der Waals surface area contributed by atoms with Gasteiger partial charge >= 0.3 is 0 Å². The molecule has 2 N–H and O–H groups in total. The Morgan fingerprint density at radius 1 is 1.07 bits per heavy atom. The normalized spacial score (nSPS) is 17.7. The van der Waals surface area contributed by atoms with Crippen LogP contribution in [0.15, 0.2) is 71.6 Å². The molecule has 3 aromatic carbocycles. The van der Waals surface area contributed by atoms with E-state index in [2.05, 4.69) is 23.9 Å². The second-order valence-electron chi connectivity index (χ2n) is 8.16. The lowest BCUT2D eigenvalue weighted by atomic mass is 9.74. The van der Waals surface area contributed by atoms with E-state index in [0.29, 0.717) is 10.7 Å². The van der Waals surface area contributed by atoms with Crippen molar-refractivity contribution in [3.63, 3.8) is 0 Å². The zero-order valence-electron chi connectivity index (χ0n) is 16.6. The molecule has 7 heteroatoms. The van der Waals surface area contributed by atoms with E-state index in [-0.39, 0.29) is 16.4 Å². The van der Waals surface area contributed by atoms with Gasteiger partial charge in [0.1, 0.15) is 5.82 Å². The maximum absolute atomic E-state index is 13.5. The number of benzene rings is 3. The van der Waals surface area contributed by atoms with Crippen LogP contribution in [0.1, 0.15) is 37.4 Å². The monoisotopic (exact) mass is 444 g/mol. The first kappa shape index (κ1) is 20.7. The zero-order valence-corrected chi connectivity index (χ0v) is 18.2. The number of sulfonamides is 1. The van der Waals surface area contributed by atoms with E-state index >= 15 is 0 Å². The molecule has 4 rings (SSSR count). The van der Waals surface area contributed by atoms with Gasteiger partial charge < -0.3 is 5.32 Å². The number of hydrogen-bond donors (Lipinski definition) is 2. The minimum absolute atomic E-state index is 0.00676. The summed E-state index contributed by atoms with van der Waals surface area (Å²) >= 11 is 6.18. The van der Waals surface area contributed by atoms with Crippen LogP contribution in [0.5, 0.6) is 0 Å². The summed E-state index contributed by atoms with van der Waals surface area (Å²) in [6, 6.07) is 18.0. The first-order chi connectivity index (χ1) is 14.1. The maximum Gasteiger partial charge on any atom is 0.261 e. The molecule has 3 aromatic rings. The van der Waals surface area contributed by atoms with Crippen molar-refractivity contribution in [1.29, 1.82) is 0 Å². The van der Waals surface area contributed by atoms with Crippen LogP contribution < -0.4 is 10.0 Å². The molecule has 1 aliphatic rings. The number of hydrogen-bond acceptors (Lipinski definition) is 3. The highest BCUT2D eigenvalue weighted by molar-refractivity contribution is 7.92. The van der Waals surface area contributed by atoms with E-state index in [1.54, 1.807) is 6.07 Å². The van der Waals surface area contributed by atoms with Crippen LogP contribution in [0.2, 0.25) is 5.02 Å². The Morgan fingerprint density at radius 2 is 1.83 bits per heavy atom. The van der Waals surface area contributed by atoms with Crippen LogP contribution in [-0.2, 0) is 15.4 Å². The van der Waals surface area contributed by atoms with Crippen molar-refractivity contribution in [1.82, 2.24) is 0 Å². The van der Waals surface area contributed by atoms with E-state index in [4.69, 9.17) is 11.6 Å². The van der Waals surface area contributed by atoms with E-state index in [1.807, 2.05) is 36.4 Å². The summed E-state index contributed by atoms with van der Waals surface area (Å²) in [5, 5.41) is 4.24. The largest absolute Gasteiger partial charge is 0.378 e. The van der Waals surface area contributed by atoms with Crippen LogP contribution in [-0.4, -0.2) is 8.42 Å². The Labute approximate surface area is 181 Å². The summed E-state index contributed by atoms with van der Waals surface area (Å²) in [5.74, 6) is -0.598. The lowest BCUT2D eigenvalue weighted by Gasteiger charge is -2.39. The van der Waals surface area contributed by atoms with Crippen LogP contribution in [0.3, 0.4) is 0 Å². The third kappa shape index (κ3) is 4.16. The molecule has 0 aliphatic carbocycles. The summed E-state index contributed by atoms with van der Waals surface area (Å²) < 4.78 is 41.3. The molecule has 0 spiro atoms. The van der Waals surface area contributed by atoms with E-state index in [1.165, 1.54) is 18.2 Å². The molecule has 0 fully saturated rings. The highest BCUT2D eigenvalue weighted by Gasteiger charge is 2.33. The van der Waals surface area contributed by atoms with E-state index < -0.39 is 15.8 Å². The summed E-state index contributed by atoms with van der Waals surface area (Å²) in [6.45, 7) is 4.35. The van der Waals surface area contributed by atoms with Gasteiger partial charge in [-0.25, -0.2) is 12.8 Å². The fourth-order valence-electron chi connectivity index (χ4n) is 3.93. The molecule has 0 aromatic heterocycles. The van der Waals surface area contributed by atoms with Gasteiger partial charge in [0.2, 0.25) is 0 Å². The van der Waals surface area contributed by atoms with Crippen LogP contribution in [0, 0.1) is 5.82 Å². The number of halogens is 2. The van der Waals surface area contributed by atoms with Crippen molar-refractivity contribution in [2.75, 3.05) is 10.0 Å². The molecule has 156 valence electrons. The van der Waals surface area contributed by atoms with Gasteiger partial charge in [-0.05, 0) is 71.5 Å². The average molecular weight is 445 g/mol. The van der Waals surface area contributed by atoms with Crippen molar-refractivity contribution in [2.24, 2.45) is 0 Å². The highest BCUT2D eigenvalue weighted by atomic mass is 35.5. The van der Waals surface area contributed by atoms with Gasteiger partial charge in [0.25, 0.3) is 10.0 Å². The minimum Gasteiger partial charge on any atom is -0.378 e. The SMILES string of the molecule is CC1(C)CC(c2cccc(NS(=O)(=O)c3cccc(F)c3)c2)Nc2ccc(Cl)cc21. The molecule has 0 radical (unpaired) electrons. The van der Waals surface area contributed by atoms with E-state index in [0.717, 1.165) is 29.3 Å². The molecule has 4 nitrogen and oxygen atoms in total. The minimum atomic E-state index is -3.88. The first-order valence-electron chi connectivity index (χ1n) is 9.59. The Morgan fingerprint density at radius 3 is 2.60 bits per heavy atom. The van der Waals surface area contributed by atoms with Crippen molar-refractivity contribution in [3.05, 3.63) is 88.7 Å². The predicted octanol–water partition coefficient (Wildman–Crippen LogP) is 6.11. The van der Waals surface area contributed by atoms with Gasteiger partial charge in [-0.2, -0.15) is 0 Å². The number of nitrogens with one attached hydrogen (secondary N) is 2. The molecular weight excluding hydrogens is 423 g/mol. The fourth-order valence-corrected chi connectivity index (χ4v) is 5.18. The fraction of sp³-hybridized carbons (Fsp3) is 0.217. The summed E-state index contributed by atoms with van der Waals surface area (Å²) in [4.78, 5) is -0.115. The predicted molar refractivity (Wildman–Crippen MR) is 119 cm³/mol. The van der Waals surface area contributed by atoms with Gasteiger partial charge in [0, 0.05) is 16.4 Å². The number of anilines is 2. The molecule has 1 atom stereocenters. The Kier molecular flexibility index (Phi) is 5.24. The van der Waals surface area contributed by atoms with Crippen LogP contribution in [0.4, 0.5) is 15.8 Å². The third-order valence-electron chi connectivity index (χ3n) is 5.40. The smallest absolute Gasteiger partial charge is 0.261 e. The second-order valence-corrected chi connectivity index (χ2v) is 10.3. The van der Waals surface area contributed by atoms with Crippen molar-refractivity contribution in [3.8, 4) is 0 Å². The summed E-state index contributed by atoms with van der Waals surface area (Å²) in [7, 11) is -3.88. The standard InChI is InChI=1S/C23H22ClFN2O2S/c1-23(2)14-22(26-21-10-9-16(24)12-20(21)23)15-5-3-7-18(11-15)27-30(28,29)19-8-4-6-17(25)13-19/h3-13,22,26-27H,14H2,1-2H3. The molecule has 0 amide bonds. The maximum atomic E-state index is 13.5. The number of fused-ring (bicyclic) bond motifs is 1. The number of rotatable bonds is 4. The molecule has 1 aliphatic heterocycles. The van der Waals surface area contributed by atoms with Gasteiger partial charge in [-0.1, -0.05) is 43.6 Å². The quantitative estimate of drug-likeness (QED) is 0.510. The molecular formula is C23H22ClFN2O2S. The van der Waals surface area contributed by atoms with Gasteiger partial charge in [0.15, 0.2) is 0 Å². The van der Waals surface area contributed by atoms with Gasteiger partial charge in [0.05, 0.1) is 10.9 Å².